The number of hydrogen-bond donors (Lipinski definition) is 0. The Balaban J connectivity index is 2.06. The van der Waals surface area contributed by atoms with Crippen LogP contribution in [0.3, 0.4) is 0 Å². The van der Waals surface area contributed by atoms with Crippen LogP contribution in [0.1, 0.15) is 27.7 Å². The summed E-state index contributed by atoms with van der Waals surface area (Å²) in [7, 11) is 0. The van der Waals surface area contributed by atoms with Crippen LogP contribution >= 0.6 is 0 Å². The molecule has 3 rings (SSSR count). The van der Waals surface area contributed by atoms with Crippen molar-refractivity contribution in [3.63, 3.8) is 0 Å². The van der Waals surface area contributed by atoms with E-state index in [1.165, 1.54) is 32.9 Å². The number of esters is 2. The molecule has 2 bridgehead atoms. The Kier molecular flexibility index (Phi) is 5.75. The van der Waals surface area contributed by atoms with Gasteiger partial charge in [-0.15, -0.1) is 0 Å². The quantitative estimate of drug-likeness (QED) is 0.697. The fourth-order valence-corrected chi connectivity index (χ4v) is 4.27. The number of benzene rings is 1. The third-order valence-electron chi connectivity index (χ3n) is 5.33. The maximum absolute atomic E-state index is 13.4. The highest BCUT2D eigenvalue weighted by Crippen LogP contribution is 2.47. The minimum atomic E-state index is -1.15. The molecule has 0 aromatic heterocycles. The van der Waals surface area contributed by atoms with Gasteiger partial charge in [0.25, 0.3) is 0 Å². The number of carbonyl (C=O) groups is 3. The highest BCUT2D eigenvalue weighted by atomic mass is 19.1. The van der Waals surface area contributed by atoms with E-state index in [1.54, 1.807) is 36.2 Å². The molecule has 1 aromatic rings. The summed E-state index contributed by atoms with van der Waals surface area (Å²) in [6, 6.07) is 5.82. The Hall–Kier alpha value is -2.74. The average molecular weight is 405 g/mol. The Labute approximate surface area is 168 Å². The van der Waals surface area contributed by atoms with Gasteiger partial charge >= 0.3 is 11.9 Å². The summed E-state index contributed by atoms with van der Waals surface area (Å²) in [5.41, 5.74) is -0.517. The number of fused-ring (bicyclic) bond motifs is 2. The molecule has 0 aliphatic carbocycles. The fraction of sp³-hybridized carbons (Fsp3) is 0.476. The van der Waals surface area contributed by atoms with E-state index in [9.17, 15) is 18.8 Å². The van der Waals surface area contributed by atoms with Crippen molar-refractivity contribution in [1.82, 2.24) is 0 Å². The van der Waals surface area contributed by atoms with E-state index >= 15 is 0 Å². The number of rotatable bonds is 5. The SMILES string of the molecule is CC(=O)OCC1OC2(C)C(C(C)=O)C(C=CN2c2ccc(F)cc2)C1OC(C)=O. The molecule has 1 fully saturated rings. The summed E-state index contributed by atoms with van der Waals surface area (Å²) in [5.74, 6) is -2.66. The molecular weight excluding hydrogens is 381 g/mol. The van der Waals surface area contributed by atoms with Gasteiger partial charge in [-0.25, -0.2) is 4.39 Å². The number of ketones is 1. The molecule has 0 saturated carbocycles. The van der Waals surface area contributed by atoms with Crippen LogP contribution in [0, 0.1) is 17.7 Å². The Morgan fingerprint density at radius 1 is 1.14 bits per heavy atom. The second-order valence-electron chi connectivity index (χ2n) is 7.44. The van der Waals surface area contributed by atoms with Crippen LogP contribution in [0.5, 0.6) is 0 Å². The molecule has 2 aliphatic heterocycles. The van der Waals surface area contributed by atoms with Gasteiger partial charge in [0.05, 0.1) is 5.92 Å². The first-order valence-electron chi connectivity index (χ1n) is 9.35. The van der Waals surface area contributed by atoms with Gasteiger partial charge in [-0.1, -0.05) is 6.08 Å². The van der Waals surface area contributed by atoms with Crippen molar-refractivity contribution in [3.05, 3.63) is 42.4 Å². The molecular formula is C21H24FNO6. The predicted octanol–water partition coefficient (Wildman–Crippen LogP) is 2.59. The summed E-state index contributed by atoms with van der Waals surface area (Å²) < 4.78 is 30.3. The van der Waals surface area contributed by atoms with Gasteiger partial charge in [0.2, 0.25) is 0 Å². The fourth-order valence-electron chi connectivity index (χ4n) is 4.27. The van der Waals surface area contributed by atoms with Crippen molar-refractivity contribution >= 4 is 23.4 Å². The van der Waals surface area contributed by atoms with E-state index in [4.69, 9.17) is 14.2 Å². The van der Waals surface area contributed by atoms with Crippen molar-refractivity contribution in [2.45, 2.75) is 45.6 Å². The van der Waals surface area contributed by atoms with E-state index in [1.807, 2.05) is 0 Å². The van der Waals surface area contributed by atoms with Crippen LogP contribution in [-0.4, -0.2) is 42.3 Å². The minimum absolute atomic E-state index is 0.130. The standard InChI is InChI=1S/C21H24FNO6/c1-12(24)19-17-9-10-23(16-7-5-15(22)6-8-16)21(19,4)29-18(11-27-13(2)25)20(17)28-14(3)26/h5-10,17-20H,11H2,1-4H3. The Morgan fingerprint density at radius 3 is 2.34 bits per heavy atom. The highest BCUT2D eigenvalue weighted by molar-refractivity contribution is 5.82. The molecule has 156 valence electrons. The second kappa shape index (κ2) is 7.94. The zero-order chi connectivity index (χ0) is 21.3. The molecule has 7 nitrogen and oxygen atoms in total. The molecule has 0 N–H and O–H groups in total. The molecule has 8 heteroatoms. The molecule has 0 spiro atoms. The highest BCUT2D eigenvalue weighted by Gasteiger charge is 2.59. The number of hydrogen-bond acceptors (Lipinski definition) is 7. The molecule has 29 heavy (non-hydrogen) atoms. The molecule has 2 heterocycles. The maximum atomic E-state index is 13.4. The second-order valence-corrected chi connectivity index (χ2v) is 7.44. The van der Waals surface area contributed by atoms with Crippen molar-refractivity contribution in [2.75, 3.05) is 11.5 Å². The van der Waals surface area contributed by atoms with Crippen LogP contribution in [0.2, 0.25) is 0 Å². The molecule has 5 atom stereocenters. The van der Waals surface area contributed by atoms with Crippen LogP contribution in [0.4, 0.5) is 10.1 Å². The first-order chi connectivity index (χ1) is 13.6. The lowest BCUT2D eigenvalue weighted by Gasteiger charge is -2.56. The first-order valence-corrected chi connectivity index (χ1v) is 9.35. The largest absolute Gasteiger partial charge is 0.463 e. The summed E-state index contributed by atoms with van der Waals surface area (Å²) in [5, 5.41) is 0. The van der Waals surface area contributed by atoms with Gasteiger partial charge in [-0.05, 0) is 38.1 Å². The van der Waals surface area contributed by atoms with Crippen molar-refractivity contribution < 1.29 is 33.0 Å². The van der Waals surface area contributed by atoms with E-state index in [0.717, 1.165) is 0 Å². The minimum Gasteiger partial charge on any atom is -0.463 e. The van der Waals surface area contributed by atoms with E-state index in [0.29, 0.717) is 5.69 Å². The van der Waals surface area contributed by atoms with Gasteiger partial charge in [-0.3, -0.25) is 14.4 Å². The number of ether oxygens (including phenoxy) is 3. The summed E-state index contributed by atoms with van der Waals surface area (Å²) >= 11 is 0. The van der Waals surface area contributed by atoms with E-state index < -0.39 is 41.7 Å². The number of nitrogens with zero attached hydrogens (tertiary/aromatic N) is 1. The Bertz CT molecular complexity index is 838. The van der Waals surface area contributed by atoms with Gasteiger partial charge in [0.15, 0.2) is 5.72 Å². The summed E-state index contributed by atoms with van der Waals surface area (Å²) in [6.07, 6.45) is 1.96. The lowest BCUT2D eigenvalue weighted by atomic mass is 9.71. The number of halogens is 1. The number of anilines is 1. The summed E-state index contributed by atoms with van der Waals surface area (Å²) in [4.78, 5) is 37.4. The lowest BCUT2D eigenvalue weighted by molar-refractivity contribution is -0.234. The molecule has 0 radical (unpaired) electrons. The van der Waals surface area contributed by atoms with Gasteiger partial charge in [0, 0.05) is 31.7 Å². The van der Waals surface area contributed by atoms with Crippen LogP contribution < -0.4 is 4.90 Å². The zero-order valence-corrected chi connectivity index (χ0v) is 16.8. The summed E-state index contributed by atoms with van der Waals surface area (Å²) in [6.45, 7) is 5.63. The normalized spacial score (nSPS) is 30.6. The predicted molar refractivity (Wildman–Crippen MR) is 101 cm³/mol. The van der Waals surface area contributed by atoms with Crippen LogP contribution in [0.15, 0.2) is 36.5 Å². The molecule has 5 unspecified atom stereocenters. The maximum Gasteiger partial charge on any atom is 0.303 e. The van der Waals surface area contributed by atoms with Crippen molar-refractivity contribution in [1.29, 1.82) is 0 Å². The third-order valence-corrected chi connectivity index (χ3v) is 5.33. The van der Waals surface area contributed by atoms with Gasteiger partial charge in [0.1, 0.15) is 30.4 Å². The van der Waals surface area contributed by atoms with Crippen molar-refractivity contribution in [3.8, 4) is 0 Å². The van der Waals surface area contributed by atoms with Crippen molar-refractivity contribution in [2.24, 2.45) is 11.8 Å². The molecule has 2 aliphatic rings. The van der Waals surface area contributed by atoms with Gasteiger partial charge in [-0.2, -0.15) is 0 Å². The smallest absolute Gasteiger partial charge is 0.303 e. The average Bonchev–Trinajstić information content (AvgIpc) is 2.62. The number of carbonyl (C=O) groups excluding carboxylic acids is 3. The molecule has 1 saturated heterocycles. The Morgan fingerprint density at radius 2 is 1.79 bits per heavy atom. The van der Waals surface area contributed by atoms with E-state index in [2.05, 4.69) is 0 Å². The van der Waals surface area contributed by atoms with Gasteiger partial charge < -0.3 is 19.1 Å². The third kappa shape index (κ3) is 4.03. The monoisotopic (exact) mass is 405 g/mol. The molecule has 1 aromatic carbocycles. The van der Waals surface area contributed by atoms with E-state index in [-0.39, 0.29) is 18.2 Å². The first kappa shape index (κ1) is 21.0. The topological polar surface area (TPSA) is 82.1 Å². The van der Waals surface area contributed by atoms with Crippen LogP contribution in [-0.2, 0) is 28.6 Å². The lowest BCUT2D eigenvalue weighted by Crippen LogP contribution is -2.68. The number of Topliss-reactive ketones (excluding diaryl/α,β-unsaturated/α-hetero) is 1. The zero-order valence-electron chi connectivity index (χ0n) is 16.8. The van der Waals surface area contributed by atoms with Crippen LogP contribution in [0.25, 0.3) is 0 Å². The molecule has 0 amide bonds.